The largest absolute Gasteiger partial charge is 0.497 e. The molecule has 2 aliphatic carbocycles. The number of nitriles is 1. The van der Waals surface area contributed by atoms with Gasteiger partial charge in [0.1, 0.15) is 17.3 Å². The second-order valence-corrected chi connectivity index (χ2v) is 8.79. The summed E-state index contributed by atoms with van der Waals surface area (Å²) >= 11 is 0. The topological polar surface area (TPSA) is 42.2 Å². The van der Waals surface area contributed by atoms with E-state index >= 15 is 0 Å². The van der Waals surface area contributed by atoms with Crippen LogP contribution in [-0.2, 0) is 0 Å². The third-order valence-electron chi connectivity index (χ3n) is 6.76. The van der Waals surface area contributed by atoms with Gasteiger partial charge in [0.25, 0.3) is 0 Å². The molecule has 0 bridgehead atoms. The molecule has 0 saturated heterocycles. The standard InChI is InChI=1S/C26H30FNO2/c1-29-22-11-12-26(27)25(16-22)20-7-5-18(6-8-20)17-30-23-4-2-3-21(15-23)24(13-14-28)19-9-10-19/h2-4,11-12,15-16,18-20,24H,5-10,13,17H2,1H3/t18-,20+,24?. The van der Waals surface area contributed by atoms with Crippen LogP contribution in [0.5, 0.6) is 11.5 Å². The molecule has 0 amide bonds. The third kappa shape index (κ3) is 4.95. The molecule has 0 N–H and O–H groups in total. The molecule has 0 radical (unpaired) electrons. The van der Waals surface area contributed by atoms with Gasteiger partial charge in [-0.05, 0) is 104 Å². The van der Waals surface area contributed by atoms with Crippen molar-refractivity contribution in [3.63, 3.8) is 0 Å². The van der Waals surface area contributed by atoms with E-state index in [1.165, 1.54) is 24.5 Å². The van der Waals surface area contributed by atoms with Crippen molar-refractivity contribution in [1.82, 2.24) is 0 Å². The Morgan fingerprint density at radius 2 is 1.83 bits per heavy atom. The van der Waals surface area contributed by atoms with Crippen LogP contribution in [-0.4, -0.2) is 13.7 Å². The number of nitrogens with zero attached hydrogens (tertiary/aromatic N) is 1. The van der Waals surface area contributed by atoms with E-state index in [2.05, 4.69) is 18.2 Å². The summed E-state index contributed by atoms with van der Waals surface area (Å²) in [5.74, 6) is 3.24. The van der Waals surface area contributed by atoms with Crippen LogP contribution in [0.3, 0.4) is 0 Å². The number of ether oxygens (including phenoxy) is 2. The summed E-state index contributed by atoms with van der Waals surface area (Å²) in [7, 11) is 1.62. The van der Waals surface area contributed by atoms with Crippen LogP contribution in [0, 0.1) is 29.0 Å². The van der Waals surface area contributed by atoms with Crippen LogP contribution in [0.15, 0.2) is 42.5 Å². The van der Waals surface area contributed by atoms with E-state index < -0.39 is 0 Å². The van der Waals surface area contributed by atoms with Crippen molar-refractivity contribution in [3.8, 4) is 17.6 Å². The van der Waals surface area contributed by atoms with Crippen molar-refractivity contribution in [2.24, 2.45) is 11.8 Å². The Balaban J connectivity index is 1.31. The summed E-state index contributed by atoms with van der Waals surface area (Å²) in [6.45, 7) is 0.698. The number of halogens is 1. The minimum absolute atomic E-state index is 0.130. The summed E-state index contributed by atoms with van der Waals surface area (Å²) in [5, 5.41) is 9.16. The minimum Gasteiger partial charge on any atom is -0.497 e. The van der Waals surface area contributed by atoms with E-state index in [4.69, 9.17) is 14.7 Å². The number of hydrogen-bond acceptors (Lipinski definition) is 3. The van der Waals surface area contributed by atoms with Crippen LogP contribution in [0.25, 0.3) is 0 Å². The molecular weight excluding hydrogens is 377 g/mol. The molecule has 2 fully saturated rings. The summed E-state index contributed by atoms with van der Waals surface area (Å²) in [4.78, 5) is 0. The Labute approximate surface area is 178 Å². The Hall–Kier alpha value is -2.54. The van der Waals surface area contributed by atoms with E-state index in [1.54, 1.807) is 13.2 Å². The molecule has 0 heterocycles. The lowest BCUT2D eigenvalue weighted by molar-refractivity contribution is 0.199. The average molecular weight is 408 g/mol. The molecule has 30 heavy (non-hydrogen) atoms. The lowest BCUT2D eigenvalue weighted by Crippen LogP contribution is -2.20. The Bertz CT molecular complexity index is 894. The summed E-state index contributed by atoms with van der Waals surface area (Å²) in [6, 6.07) is 15.7. The van der Waals surface area contributed by atoms with Gasteiger partial charge in [-0.1, -0.05) is 12.1 Å². The van der Waals surface area contributed by atoms with Crippen molar-refractivity contribution in [2.45, 2.75) is 56.8 Å². The molecular formula is C26H30FNO2. The molecule has 0 spiro atoms. The van der Waals surface area contributed by atoms with Gasteiger partial charge in [0.05, 0.1) is 19.8 Å². The van der Waals surface area contributed by atoms with Crippen LogP contribution in [0.2, 0.25) is 0 Å². The average Bonchev–Trinajstić information content (AvgIpc) is 3.62. The van der Waals surface area contributed by atoms with Gasteiger partial charge in [-0.25, -0.2) is 4.39 Å². The predicted octanol–water partition coefficient (Wildman–Crippen LogP) is 6.59. The molecule has 4 heteroatoms. The number of methoxy groups -OCH3 is 1. The first-order valence-electron chi connectivity index (χ1n) is 11.1. The lowest BCUT2D eigenvalue weighted by Gasteiger charge is -2.29. The zero-order valence-electron chi connectivity index (χ0n) is 17.6. The third-order valence-corrected chi connectivity index (χ3v) is 6.76. The van der Waals surface area contributed by atoms with E-state index in [0.29, 0.717) is 30.8 Å². The zero-order valence-corrected chi connectivity index (χ0v) is 17.6. The van der Waals surface area contributed by atoms with Crippen LogP contribution >= 0.6 is 0 Å². The second kappa shape index (κ2) is 9.51. The van der Waals surface area contributed by atoms with Crippen molar-refractivity contribution >= 4 is 0 Å². The Morgan fingerprint density at radius 1 is 1.03 bits per heavy atom. The fraction of sp³-hybridized carbons (Fsp3) is 0.500. The van der Waals surface area contributed by atoms with Crippen LogP contribution in [0.4, 0.5) is 4.39 Å². The van der Waals surface area contributed by atoms with Crippen LogP contribution in [0.1, 0.15) is 67.9 Å². The molecule has 2 saturated carbocycles. The molecule has 2 aliphatic rings. The highest BCUT2D eigenvalue weighted by atomic mass is 19.1. The lowest BCUT2D eigenvalue weighted by atomic mass is 9.79. The second-order valence-electron chi connectivity index (χ2n) is 8.79. The molecule has 158 valence electrons. The maximum atomic E-state index is 14.3. The molecule has 1 atom stereocenters. The molecule has 4 rings (SSSR count). The molecule has 2 aromatic rings. The van der Waals surface area contributed by atoms with E-state index in [0.717, 1.165) is 42.7 Å². The van der Waals surface area contributed by atoms with Gasteiger partial charge in [-0.2, -0.15) is 5.26 Å². The molecule has 0 aromatic heterocycles. The van der Waals surface area contributed by atoms with Gasteiger partial charge in [0.2, 0.25) is 0 Å². The number of hydrogen-bond donors (Lipinski definition) is 0. The van der Waals surface area contributed by atoms with E-state index in [9.17, 15) is 4.39 Å². The van der Waals surface area contributed by atoms with Gasteiger partial charge in [0, 0.05) is 6.42 Å². The van der Waals surface area contributed by atoms with E-state index in [-0.39, 0.29) is 11.7 Å². The van der Waals surface area contributed by atoms with Crippen molar-refractivity contribution < 1.29 is 13.9 Å². The highest BCUT2D eigenvalue weighted by Gasteiger charge is 2.32. The first kappa shape index (κ1) is 20.7. The first-order chi connectivity index (χ1) is 14.7. The Morgan fingerprint density at radius 3 is 2.53 bits per heavy atom. The monoisotopic (exact) mass is 407 g/mol. The zero-order chi connectivity index (χ0) is 20.9. The maximum Gasteiger partial charge on any atom is 0.126 e. The Kier molecular flexibility index (Phi) is 6.57. The quantitative estimate of drug-likeness (QED) is 0.495. The van der Waals surface area contributed by atoms with Gasteiger partial charge in [0.15, 0.2) is 0 Å². The minimum atomic E-state index is -0.130. The fourth-order valence-electron chi connectivity index (χ4n) is 4.80. The van der Waals surface area contributed by atoms with Gasteiger partial charge >= 0.3 is 0 Å². The summed E-state index contributed by atoms with van der Waals surface area (Å²) in [6.07, 6.45) is 7.08. The van der Waals surface area contributed by atoms with Crippen LogP contribution < -0.4 is 9.47 Å². The summed E-state index contributed by atoms with van der Waals surface area (Å²) < 4.78 is 25.7. The molecule has 1 unspecified atom stereocenters. The molecule has 3 nitrogen and oxygen atoms in total. The van der Waals surface area contributed by atoms with Crippen molar-refractivity contribution in [3.05, 3.63) is 59.4 Å². The number of benzene rings is 2. The van der Waals surface area contributed by atoms with E-state index in [1.807, 2.05) is 18.2 Å². The van der Waals surface area contributed by atoms with Crippen molar-refractivity contribution in [1.29, 1.82) is 5.26 Å². The highest BCUT2D eigenvalue weighted by Crippen LogP contribution is 2.45. The molecule has 2 aromatic carbocycles. The normalized spacial score (nSPS) is 22.2. The predicted molar refractivity (Wildman–Crippen MR) is 115 cm³/mol. The number of rotatable bonds is 8. The SMILES string of the molecule is COc1ccc(F)c([C@H]2CC[C@@H](COc3cccc(C(CC#N)C4CC4)c3)CC2)c1. The highest BCUT2D eigenvalue weighted by molar-refractivity contribution is 5.33. The van der Waals surface area contributed by atoms with Gasteiger partial charge < -0.3 is 9.47 Å². The van der Waals surface area contributed by atoms with Gasteiger partial charge in [-0.3, -0.25) is 0 Å². The maximum absolute atomic E-state index is 14.3. The van der Waals surface area contributed by atoms with Crippen molar-refractivity contribution in [2.75, 3.05) is 13.7 Å². The summed E-state index contributed by atoms with van der Waals surface area (Å²) in [5.41, 5.74) is 2.01. The smallest absolute Gasteiger partial charge is 0.126 e. The first-order valence-corrected chi connectivity index (χ1v) is 11.1. The van der Waals surface area contributed by atoms with Gasteiger partial charge in [-0.15, -0.1) is 0 Å². The fourth-order valence-corrected chi connectivity index (χ4v) is 4.80. The molecule has 0 aliphatic heterocycles.